The van der Waals surface area contributed by atoms with Crippen LogP contribution in [-0.2, 0) is 11.3 Å². The van der Waals surface area contributed by atoms with Crippen LogP contribution < -0.4 is 5.32 Å². The molecule has 0 unspecified atom stereocenters. The summed E-state index contributed by atoms with van der Waals surface area (Å²) in [5.41, 5.74) is 0.973. The lowest BCUT2D eigenvalue weighted by Gasteiger charge is -2.20. The molecule has 5 nitrogen and oxygen atoms in total. The van der Waals surface area contributed by atoms with Crippen molar-refractivity contribution < 1.29 is 14.0 Å². The number of furan rings is 1. The van der Waals surface area contributed by atoms with Crippen LogP contribution >= 0.6 is 22.9 Å². The fourth-order valence-electron chi connectivity index (χ4n) is 3.09. The van der Waals surface area contributed by atoms with E-state index in [4.69, 9.17) is 16.0 Å². The maximum atomic E-state index is 12.5. The van der Waals surface area contributed by atoms with Gasteiger partial charge in [-0.25, -0.2) is 0 Å². The van der Waals surface area contributed by atoms with Gasteiger partial charge in [0.15, 0.2) is 0 Å². The Morgan fingerprint density at radius 2 is 2.25 bits per heavy atom. The Hall–Kier alpha value is -1.79. The second-order valence-corrected chi connectivity index (χ2v) is 7.43. The summed E-state index contributed by atoms with van der Waals surface area (Å²) in [6.07, 6.45) is 5.52. The van der Waals surface area contributed by atoms with Crippen LogP contribution in [0.15, 0.2) is 34.5 Å². The van der Waals surface area contributed by atoms with Gasteiger partial charge in [-0.2, -0.15) is 0 Å². The lowest BCUT2D eigenvalue weighted by Crippen LogP contribution is -2.35. The number of amides is 2. The summed E-state index contributed by atoms with van der Waals surface area (Å²) < 4.78 is 5.03. The molecule has 128 valence electrons. The number of hydrogen-bond donors (Lipinski definition) is 1. The number of halogens is 1. The van der Waals surface area contributed by atoms with E-state index < -0.39 is 0 Å². The summed E-state index contributed by atoms with van der Waals surface area (Å²) in [5.74, 6) is -0.0898. The highest BCUT2D eigenvalue weighted by atomic mass is 35.5. The predicted molar refractivity (Wildman–Crippen MR) is 93.1 cm³/mol. The molecule has 0 aliphatic heterocycles. The molecule has 1 saturated carbocycles. The minimum Gasteiger partial charge on any atom is -0.472 e. The van der Waals surface area contributed by atoms with Crippen molar-refractivity contribution in [2.75, 3.05) is 7.05 Å². The average molecular weight is 367 g/mol. The molecule has 7 heteroatoms. The Morgan fingerprint density at radius 3 is 2.92 bits per heavy atom. The Labute approximate surface area is 149 Å². The zero-order valence-corrected chi connectivity index (χ0v) is 14.9. The smallest absolute Gasteiger partial charge is 0.263 e. The van der Waals surface area contributed by atoms with Crippen LogP contribution in [0.3, 0.4) is 0 Å². The molecular weight excluding hydrogens is 348 g/mol. The number of nitrogens with one attached hydrogen (secondary N) is 1. The van der Waals surface area contributed by atoms with Gasteiger partial charge in [0.25, 0.3) is 5.91 Å². The molecule has 0 saturated heterocycles. The standard InChI is InChI=1S/C17H19ClN2O3S/c1-20(9-11-4-6-23-10-11)17(22)12-2-3-13(8-12)19-16(21)15-14(18)5-7-24-15/h4-7,10,12-13H,2-3,8-9H2,1H3,(H,19,21)/t12-,13+/m0/s1. The van der Waals surface area contributed by atoms with Crippen LogP contribution in [0.4, 0.5) is 0 Å². The van der Waals surface area contributed by atoms with Gasteiger partial charge >= 0.3 is 0 Å². The maximum Gasteiger partial charge on any atom is 0.263 e. The van der Waals surface area contributed by atoms with Gasteiger partial charge in [-0.05, 0) is 36.8 Å². The van der Waals surface area contributed by atoms with Crippen molar-refractivity contribution in [3.05, 3.63) is 45.5 Å². The van der Waals surface area contributed by atoms with E-state index in [0.29, 0.717) is 22.9 Å². The van der Waals surface area contributed by atoms with E-state index in [2.05, 4.69) is 5.32 Å². The lowest BCUT2D eigenvalue weighted by atomic mass is 10.1. The normalized spacial score (nSPS) is 20.1. The van der Waals surface area contributed by atoms with Crippen LogP contribution in [0.1, 0.15) is 34.5 Å². The van der Waals surface area contributed by atoms with E-state index in [9.17, 15) is 9.59 Å². The van der Waals surface area contributed by atoms with Gasteiger partial charge in [0.2, 0.25) is 5.91 Å². The molecule has 24 heavy (non-hydrogen) atoms. The number of hydrogen-bond acceptors (Lipinski definition) is 4. The molecule has 2 heterocycles. The Morgan fingerprint density at radius 1 is 1.42 bits per heavy atom. The number of thiophene rings is 1. The molecule has 0 bridgehead atoms. The van der Waals surface area contributed by atoms with Crippen LogP contribution in [0.2, 0.25) is 5.02 Å². The predicted octanol–water partition coefficient (Wildman–Crippen LogP) is 3.55. The van der Waals surface area contributed by atoms with E-state index in [1.165, 1.54) is 11.3 Å². The Balaban J connectivity index is 1.52. The van der Waals surface area contributed by atoms with Crippen molar-refractivity contribution in [2.24, 2.45) is 5.92 Å². The first-order valence-electron chi connectivity index (χ1n) is 7.84. The van der Waals surface area contributed by atoms with E-state index >= 15 is 0 Å². The highest BCUT2D eigenvalue weighted by Crippen LogP contribution is 2.29. The first kappa shape index (κ1) is 17.0. The van der Waals surface area contributed by atoms with Gasteiger partial charge in [0.1, 0.15) is 4.88 Å². The second kappa shape index (κ2) is 7.40. The molecule has 2 aromatic rings. The highest BCUT2D eigenvalue weighted by Gasteiger charge is 2.33. The van der Waals surface area contributed by atoms with Crippen molar-refractivity contribution in [2.45, 2.75) is 31.8 Å². The molecule has 0 radical (unpaired) electrons. The maximum absolute atomic E-state index is 12.5. The van der Waals surface area contributed by atoms with Crippen molar-refractivity contribution >= 4 is 34.8 Å². The molecule has 2 atom stereocenters. The molecule has 1 fully saturated rings. The monoisotopic (exact) mass is 366 g/mol. The second-order valence-electron chi connectivity index (χ2n) is 6.10. The van der Waals surface area contributed by atoms with Crippen LogP contribution in [0, 0.1) is 5.92 Å². The minimum atomic E-state index is -0.153. The lowest BCUT2D eigenvalue weighted by molar-refractivity contribution is -0.134. The Kier molecular flexibility index (Phi) is 5.26. The molecule has 1 aliphatic rings. The van der Waals surface area contributed by atoms with E-state index in [1.807, 2.05) is 6.07 Å². The molecule has 1 aliphatic carbocycles. The largest absolute Gasteiger partial charge is 0.472 e. The molecule has 3 rings (SSSR count). The van der Waals surface area contributed by atoms with Crippen molar-refractivity contribution in [1.82, 2.24) is 10.2 Å². The zero-order valence-electron chi connectivity index (χ0n) is 13.3. The third-order valence-corrected chi connectivity index (χ3v) is 5.66. The van der Waals surface area contributed by atoms with E-state index in [1.54, 1.807) is 35.9 Å². The minimum absolute atomic E-state index is 0.0203. The number of carbonyl (C=O) groups is 2. The topological polar surface area (TPSA) is 62.6 Å². The van der Waals surface area contributed by atoms with Gasteiger partial charge in [0, 0.05) is 31.1 Å². The van der Waals surface area contributed by atoms with Gasteiger partial charge in [-0.15, -0.1) is 11.3 Å². The summed E-state index contributed by atoms with van der Waals surface area (Å²) in [6.45, 7) is 0.535. The third-order valence-electron chi connectivity index (χ3n) is 4.32. The SMILES string of the molecule is CN(Cc1ccoc1)C(=O)[C@H]1CC[C@@H](NC(=O)c2sccc2Cl)C1. The third kappa shape index (κ3) is 3.82. The summed E-state index contributed by atoms with van der Waals surface area (Å²) in [7, 11) is 1.80. The fraction of sp³-hybridized carbons (Fsp3) is 0.412. The summed E-state index contributed by atoms with van der Waals surface area (Å²) >= 11 is 7.32. The summed E-state index contributed by atoms with van der Waals surface area (Å²) in [6, 6.07) is 3.59. The van der Waals surface area contributed by atoms with E-state index in [0.717, 1.165) is 18.4 Å². The van der Waals surface area contributed by atoms with Crippen LogP contribution in [-0.4, -0.2) is 29.8 Å². The fourth-order valence-corrected chi connectivity index (χ4v) is 4.13. The van der Waals surface area contributed by atoms with Gasteiger partial charge < -0.3 is 14.6 Å². The van der Waals surface area contributed by atoms with E-state index in [-0.39, 0.29) is 23.8 Å². The summed E-state index contributed by atoms with van der Waals surface area (Å²) in [4.78, 5) is 27.0. The van der Waals surface area contributed by atoms with Crippen molar-refractivity contribution in [3.63, 3.8) is 0 Å². The first-order chi connectivity index (χ1) is 11.5. The molecule has 0 spiro atoms. The van der Waals surface area contributed by atoms with Gasteiger partial charge in [-0.1, -0.05) is 11.6 Å². The number of carbonyl (C=O) groups excluding carboxylic acids is 2. The van der Waals surface area contributed by atoms with Crippen molar-refractivity contribution in [3.8, 4) is 0 Å². The number of nitrogens with zero attached hydrogens (tertiary/aromatic N) is 1. The summed E-state index contributed by atoms with van der Waals surface area (Å²) in [5, 5.41) is 5.26. The Bertz CT molecular complexity index is 713. The zero-order chi connectivity index (χ0) is 17.1. The van der Waals surface area contributed by atoms with Gasteiger partial charge in [0.05, 0.1) is 17.5 Å². The molecule has 2 aromatic heterocycles. The van der Waals surface area contributed by atoms with Crippen LogP contribution in [0.5, 0.6) is 0 Å². The molecule has 0 aromatic carbocycles. The highest BCUT2D eigenvalue weighted by molar-refractivity contribution is 7.12. The average Bonchev–Trinajstić information content (AvgIpc) is 3.28. The first-order valence-corrected chi connectivity index (χ1v) is 9.10. The van der Waals surface area contributed by atoms with Gasteiger partial charge in [-0.3, -0.25) is 9.59 Å². The molecular formula is C17H19ClN2O3S. The molecule has 2 amide bonds. The molecule has 1 N–H and O–H groups in total. The van der Waals surface area contributed by atoms with Crippen LogP contribution in [0.25, 0.3) is 0 Å². The van der Waals surface area contributed by atoms with Crippen molar-refractivity contribution in [1.29, 1.82) is 0 Å². The number of rotatable bonds is 5. The quantitative estimate of drug-likeness (QED) is 0.880.